The molecule has 0 bridgehead atoms. The van der Waals surface area contributed by atoms with Gasteiger partial charge in [0.2, 0.25) is 10.0 Å². The van der Waals surface area contributed by atoms with Crippen molar-refractivity contribution in [3.05, 3.63) is 0 Å². The van der Waals surface area contributed by atoms with E-state index in [2.05, 4.69) is 4.74 Å². The van der Waals surface area contributed by atoms with E-state index in [0.29, 0.717) is 0 Å². The third-order valence-electron chi connectivity index (χ3n) is 2.12. The highest BCUT2D eigenvalue weighted by Crippen LogP contribution is 2.11. The molecule has 1 unspecified atom stereocenters. The van der Waals surface area contributed by atoms with Gasteiger partial charge < -0.3 is 4.74 Å². The van der Waals surface area contributed by atoms with Crippen LogP contribution in [0.4, 0.5) is 0 Å². The molecule has 0 N–H and O–H groups in total. The fourth-order valence-corrected chi connectivity index (χ4v) is 2.70. The summed E-state index contributed by atoms with van der Waals surface area (Å²) in [4.78, 5) is 11.0. The predicted molar refractivity (Wildman–Crippen MR) is 57.9 cm³/mol. The van der Waals surface area contributed by atoms with Crippen LogP contribution in [0.25, 0.3) is 0 Å². The number of likely N-dealkylation sites (N-methyl/N-ethyl adjacent to an activating group) is 1. The molecule has 7 heteroatoms. The standard InChI is InChI=1S/C9H16N2O4S/c1-4-8(6-10)16(13,14)11(5-2)7-9(12)15-3/h8H,4-5,7H2,1-3H3. The highest BCUT2D eigenvalue weighted by atomic mass is 32.2. The highest BCUT2D eigenvalue weighted by molar-refractivity contribution is 7.90. The Hall–Kier alpha value is -1.13. The molecule has 0 amide bonds. The lowest BCUT2D eigenvalue weighted by atomic mass is 10.4. The Kier molecular flexibility index (Phi) is 6.00. The summed E-state index contributed by atoms with van der Waals surface area (Å²) in [5.74, 6) is -0.641. The summed E-state index contributed by atoms with van der Waals surface area (Å²) in [6.07, 6.45) is 0.191. The lowest BCUT2D eigenvalue weighted by Crippen LogP contribution is -2.41. The number of nitriles is 1. The minimum absolute atomic E-state index is 0.135. The van der Waals surface area contributed by atoms with Crippen molar-refractivity contribution < 1.29 is 17.9 Å². The number of ether oxygens (including phenoxy) is 1. The van der Waals surface area contributed by atoms with Crippen LogP contribution in [0.1, 0.15) is 20.3 Å². The van der Waals surface area contributed by atoms with Crippen molar-refractivity contribution >= 4 is 16.0 Å². The molecule has 1 atom stereocenters. The van der Waals surface area contributed by atoms with Gasteiger partial charge in [0.1, 0.15) is 6.54 Å². The van der Waals surface area contributed by atoms with Crippen LogP contribution in [0.5, 0.6) is 0 Å². The molecule has 0 aliphatic rings. The van der Waals surface area contributed by atoms with E-state index in [1.807, 2.05) is 0 Å². The maximum Gasteiger partial charge on any atom is 0.321 e. The molecule has 0 aromatic rings. The molecule has 0 heterocycles. The zero-order chi connectivity index (χ0) is 12.8. The van der Waals surface area contributed by atoms with Crippen molar-refractivity contribution in [1.82, 2.24) is 4.31 Å². The average molecular weight is 248 g/mol. The third-order valence-corrected chi connectivity index (χ3v) is 4.38. The molecular formula is C9H16N2O4S. The van der Waals surface area contributed by atoms with E-state index in [1.54, 1.807) is 19.9 Å². The van der Waals surface area contributed by atoms with Crippen LogP contribution < -0.4 is 0 Å². The molecule has 0 saturated carbocycles. The molecule has 16 heavy (non-hydrogen) atoms. The second-order valence-electron chi connectivity index (χ2n) is 3.07. The molecule has 0 aromatic carbocycles. The van der Waals surface area contributed by atoms with Crippen LogP contribution in [-0.4, -0.2) is 44.1 Å². The number of esters is 1. The largest absolute Gasteiger partial charge is 0.468 e. The highest BCUT2D eigenvalue weighted by Gasteiger charge is 2.31. The smallest absolute Gasteiger partial charge is 0.321 e. The molecule has 0 radical (unpaired) electrons. The first-order valence-corrected chi connectivity index (χ1v) is 6.39. The molecule has 6 nitrogen and oxygen atoms in total. The van der Waals surface area contributed by atoms with Gasteiger partial charge in [0.25, 0.3) is 0 Å². The number of nitrogens with zero attached hydrogens (tertiary/aromatic N) is 2. The maximum atomic E-state index is 11.9. The second-order valence-corrected chi connectivity index (χ2v) is 5.19. The molecule has 0 spiro atoms. The van der Waals surface area contributed by atoms with Crippen LogP contribution in [-0.2, 0) is 19.6 Å². The van der Waals surface area contributed by atoms with Gasteiger partial charge in [-0.05, 0) is 6.42 Å². The molecule has 0 fully saturated rings. The Labute approximate surface area is 95.8 Å². The number of hydrogen-bond acceptors (Lipinski definition) is 5. The van der Waals surface area contributed by atoms with E-state index < -0.39 is 21.2 Å². The number of carbonyl (C=O) groups is 1. The topological polar surface area (TPSA) is 87.5 Å². The third kappa shape index (κ3) is 3.47. The van der Waals surface area contributed by atoms with Crippen molar-refractivity contribution in [1.29, 1.82) is 5.26 Å². The summed E-state index contributed by atoms with van der Waals surface area (Å²) in [7, 11) is -2.56. The van der Waals surface area contributed by atoms with Crippen molar-refractivity contribution in [2.24, 2.45) is 0 Å². The van der Waals surface area contributed by atoms with Gasteiger partial charge in [0.15, 0.2) is 5.25 Å². The number of sulfonamides is 1. The van der Waals surface area contributed by atoms with Crippen molar-refractivity contribution in [2.45, 2.75) is 25.5 Å². The van der Waals surface area contributed by atoms with Crippen LogP contribution in [0.3, 0.4) is 0 Å². The van der Waals surface area contributed by atoms with E-state index in [-0.39, 0.29) is 19.5 Å². The fourth-order valence-electron chi connectivity index (χ4n) is 1.14. The first-order chi connectivity index (χ1) is 7.43. The zero-order valence-electron chi connectivity index (χ0n) is 9.63. The molecule has 0 saturated heterocycles. The molecule has 92 valence electrons. The predicted octanol–water partition coefficient (Wildman–Crippen LogP) is 0.113. The monoisotopic (exact) mass is 248 g/mol. The Bertz CT molecular complexity index is 371. The average Bonchev–Trinajstić information content (AvgIpc) is 2.26. The van der Waals surface area contributed by atoms with Crippen molar-refractivity contribution in [3.8, 4) is 6.07 Å². The van der Waals surface area contributed by atoms with Gasteiger partial charge in [-0.25, -0.2) is 8.42 Å². The maximum absolute atomic E-state index is 11.9. The minimum atomic E-state index is -3.75. The van der Waals surface area contributed by atoms with Gasteiger partial charge in [-0.3, -0.25) is 4.79 Å². The number of carbonyl (C=O) groups excluding carboxylic acids is 1. The van der Waals surface area contributed by atoms with Gasteiger partial charge in [0.05, 0.1) is 13.2 Å². The molecule has 0 rings (SSSR count). The fraction of sp³-hybridized carbons (Fsp3) is 0.778. The zero-order valence-corrected chi connectivity index (χ0v) is 10.5. The van der Waals surface area contributed by atoms with Crippen LogP contribution in [0.2, 0.25) is 0 Å². The Balaban J connectivity index is 4.96. The van der Waals surface area contributed by atoms with Crippen LogP contribution in [0, 0.1) is 11.3 Å². The Morgan fingerprint density at radius 1 is 1.50 bits per heavy atom. The number of rotatable bonds is 6. The lowest BCUT2D eigenvalue weighted by molar-refractivity contribution is -0.140. The van der Waals surface area contributed by atoms with Gasteiger partial charge in [-0.15, -0.1) is 0 Å². The molecule has 0 aromatic heterocycles. The molecule has 0 aliphatic carbocycles. The molecular weight excluding hydrogens is 232 g/mol. The summed E-state index contributed by atoms with van der Waals surface area (Å²) in [6.45, 7) is 2.99. The van der Waals surface area contributed by atoms with Crippen molar-refractivity contribution in [2.75, 3.05) is 20.2 Å². The van der Waals surface area contributed by atoms with Gasteiger partial charge in [-0.2, -0.15) is 9.57 Å². The normalized spacial score (nSPS) is 13.2. The number of hydrogen-bond donors (Lipinski definition) is 0. The summed E-state index contributed by atoms with van der Waals surface area (Å²) in [5.41, 5.74) is 0. The number of methoxy groups -OCH3 is 1. The molecule has 0 aliphatic heterocycles. The van der Waals surface area contributed by atoms with Crippen LogP contribution >= 0.6 is 0 Å². The summed E-state index contributed by atoms with van der Waals surface area (Å²) >= 11 is 0. The van der Waals surface area contributed by atoms with Crippen LogP contribution in [0.15, 0.2) is 0 Å². The minimum Gasteiger partial charge on any atom is -0.468 e. The lowest BCUT2D eigenvalue weighted by Gasteiger charge is -2.21. The summed E-state index contributed by atoms with van der Waals surface area (Å²) in [6, 6.07) is 1.72. The summed E-state index contributed by atoms with van der Waals surface area (Å²) < 4.78 is 29.1. The Morgan fingerprint density at radius 3 is 2.38 bits per heavy atom. The van der Waals surface area contributed by atoms with E-state index in [1.165, 1.54) is 7.11 Å². The van der Waals surface area contributed by atoms with Gasteiger partial charge in [-0.1, -0.05) is 13.8 Å². The van der Waals surface area contributed by atoms with E-state index in [9.17, 15) is 13.2 Å². The second kappa shape index (κ2) is 6.45. The van der Waals surface area contributed by atoms with Gasteiger partial charge >= 0.3 is 5.97 Å². The summed E-state index contributed by atoms with van der Waals surface area (Å²) in [5, 5.41) is 7.61. The van der Waals surface area contributed by atoms with E-state index in [0.717, 1.165) is 4.31 Å². The van der Waals surface area contributed by atoms with Gasteiger partial charge in [0, 0.05) is 6.54 Å². The quantitative estimate of drug-likeness (QED) is 0.623. The van der Waals surface area contributed by atoms with E-state index >= 15 is 0 Å². The first kappa shape index (κ1) is 14.9. The SMILES string of the molecule is CCC(C#N)S(=O)(=O)N(CC)CC(=O)OC. The van der Waals surface area contributed by atoms with E-state index in [4.69, 9.17) is 5.26 Å². The Morgan fingerprint density at radius 2 is 2.06 bits per heavy atom. The van der Waals surface area contributed by atoms with Crippen molar-refractivity contribution in [3.63, 3.8) is 0 Å². The first-order valence-electron chi connectivity index (χ1n) is 4.89.